The number of hydrogen-bond acceptors (Lipinski definition) is 5. The third kappa shape index (κ3) is 5.52. The van der Waals surface area contributed by atoms with Gasteiger partial charge in [0.2, 0.25) is 0 Å². The number of nitrogens with zero attached hydrogens (tertiary/aromatic N) is 1. The molecule has 25 heavy (non-hydrogen) atoms. The first-order chi connectivity index (χ1) is 12.0. The molecule has 0 fully saturated rings. The molecule has 2 aromatic carbocycles. The first kappa shape index (κ1) is 18.3. The van der Waals surface area contributed by atoms with Gasteiger partial charge in [0, 0.05) is 16.3 Å². The number of carbonyl (C=O) groups is 2. The van der Waals surface area contributed by atoms with E-state index >= 15 is 0 Å². The van der Waals surface area contributed by atoms with Crippen molar-refractivity contribution < 1.29 is 19.1 Å². The summed E-state index contributed by atoms with van der Waals surface area (Å²) in [6.45, 7) is -0.415. The Morgan fingerprint density at radius 2 is 1.92 bits per heavy atom. The van der Waals surface area contributed by atoms with Crippen LogP contribution in [0.5, 0.6) is 5.75 Å². The average Bonchev–Trinajstić information content (AvgIpc) is 2.61. The van der Waals surface area contributed by atoms with Gasteiger partial charge in [-0.3, -0.25) is 9.59 Å². The van der Waals surface area contributed by atoms with E-state index in [1.807, 2.05) is 6.07 Å². The second-order valence-electron chi connectivity index (χ2n) is 5.03. The van der Waals surface area contributed by atoms with Crippen LogP contribution in [-0.2, 0) is 20.7 Å². The highest BCUT2D eigenvalue weighted by Gasteiger charge is 2.12. The van der Waals surface area contributed by atoms with Crippen LogP contribution in [0.3, 0.4) is 0 Å². The van der Waals surface area contributed by atoms with E-state index in [4.69, 9.17) is 26.3 Å². The molecule has 0 unspecified atom stereocenters. The number of carbonyl (C=O) groups excluding carboxylic acids is 2. The number of halogens is 1. The number of esters is 1. The molecule has 0 aliphatic rings. The van der Waals surface area contributed by atoms with Crippen molar-refractivity contribution in [2.75, 3.05) is 19.0 Å². The molecule has 0 saturated heterocycles. The normalized spacial score (nSPS) is 9.80. The zero-order valence-electron chi connectivity index (χ0n) is 13.4. The number of nitrogens with one attached hydrogen (secondary N) is 1. The molecule has 0 aliphatic heterocycles. The Bertz CT molecular complexity index is 813. The molecular weight excluding hydrogens is 344 g/mol. The Balaban J connectivity index is 1.86. The van der Waals surface area contributed by atoms with E-state index in [0.29, 0.717) is 27.6 Å². The Hall–Kier alpha value is -3.04. The third-order valence-electron chi connectivity index (χ3n) is 3.24. The summed E-state index contributed by atoms with van der Waals surface area (Å²) in [6.07, 6.45) is -0.0616. The van der Waals surface area contributed by atoms with Gasteiger partial charge in [0.05, 0.1) is 25.2 Å². The molecule has 0 aromatic heterocycles. The molecule has 0 atom stereocenters. The highest BCUT2D eigenvalue weighted by atomic mass is 35.5. The Kier molecular flexibility index (Phi) is 6.38. The number of hydrogen-bond donors (Lipinski definition) is 1. The fourth-order valence-corrected chi connectivity index (χ4v) is 2.26. The highest BCUT2D eigenvalue weighted by molar-refractivity contribution is 6.30. The number of amides is 1. The van der Waals surface area contributed by atoms with Crippen LogP contribution in [0.1, 0.15) is 11.1 Å². The number of anilines is 1. The molecule has 2 aromatic rings. The van der Waals surface area contributed by atoms with Crippen LogP contribution in [0.2, 0.25) is 5.02 Å². The molecule has 1 amide bonds. The number of benzene rings is 2. The van der Waals surface area contributed by atoms with Crippen LogP contribution in [0.15, 0.2) is 42.5 Å². The van der Waals surface area contributed by atoms with E-state index in [1.165, 1.54) is 7.11 Å². The molecule has 0 saturated carbocycles. The quantitative estimate of drug-likeness (QED) is 0.802. The van der Waals surface area contributed by atoms with Crippen LogP contribution < -0.4 is 10.1 Å². The zero-order chi connectivity index (χ0) is 18.2. The van der Waals surface area contributed by atoms with E-state index in [-0.39, 0.29) is 6.42 Å². The predicted octanol–water partition coefficient (Wildman–Crippen LogP) is 2.94. The van der Waals surface area contributed by atoms with E-state index < -0.39 is 18.5 Å². The fraction of sp³-hybridized carbons (Fsp3) is 0.167. The van der Waals surface area contributed by atoms with Gasteiger partial charge >= 0.3 is 5.97 Å². The highest BCUT2D eigenvalue weighted by Crippen LogP contribution is 2.23. The number of ether oxygens (including phenoxy) is 2. The second-order valence-corrected chi connectivity index (χ2v) is 5.47. The zero-order valence-corrected chi connectivity index (χ0v) is 14.2. The van der Waals surface area contributed by atoms with Crippen molar-refractivity contribution in [3.63, 3.8) is 0 Å². The molecule has 0 bridgehead atoms. The summed E-state index contributed by atoms with van der Waals surface area (Å²) in [5.74, 6) is -0.532. The standard InChI is InChI=1S/C18H15ClN2O4/c1-24-16-7-4-14(19)8-13(16)9-18(23)25-11-17(22)21-15-5-2-12(10-20)3-6-15/h2-8H,9,11H2,1H3,(H,21,22). The minimum absolute atomic E-state index is 0.0616. The number of methoxy groups -OCH3 is 1. The van der Waals surface area contributed by atoms with Crippen LogP contribution in [-0.4, -0.2) is 25.6 Å². The van der Waals surface area contributed by atoms with Gasteiger partial charge in [0.15, 0.2) is 6.61 Å². The lowest BCUT2D eigenvalue weighted by molar-refractivity contribution is -0.146. The lowest BCUT2D eigenvalue weighted by atomic mass is 10.1. The molecule has 6 nitrogen and oxygen atoms in total. The summed E-state index contributed by atoms with van der Waals surface area (Å²) >= 11 is 5.90. The van der Waals surface area contributed by atoms with Crippen LogP contribution in [0.25, 0.3) is 0 Å². The fourth-order valence-electron chi connectivity index (χ4n) is 2.06. The first-order valence-corrected chi connectivity index (χ1v) is 7.67. The van der Waals surface area contributed by atoms with Crippen molar-refractivity contribution in [1.82, 2.24) is 0 Å². The topological polar surface area (TPSA) is 88.4 Å². The maximum Gasteiger partial charge on any atom is 0.310 e. The average molecular weight is 359 g/mol. The molecule has 7 heteroatoms. The molecular formula is C18H15ClN2O4. The first-order valence-electron chi connectivity index (χ1n) is 7.30. The van der Waals surface area contributed by atoms with Crippen molar-refractivity contribution in [3.8, 4) is 11.8 Å². The van der Waals surface area contributed by atoms with E-state index in [2.05, 4.69) is 5.32 Å². The Labute approximate surface area is 149 Å². The van der Waals surface area contributed by atoms with Gasteiger partial charge in [-0.05, 0) is 42.5 Å². The molecule has 0 aliphatic carbocycles. The molecule has 0 spiro atoms. The minimum Gasteiger partial charge on any atom is -0.496 e. The van der Waals surface area contributed by atoms with Gasteiger partial charge in [-0.1, -0.05) is 11.6 Å². The van der Waals surface area contributed by atoms with Gasteiger partial charge in [-0.15, -0.1) is 0 Å². The van der Waals surface area contributed by atoms with Crippen LogP contribution in [0, 0.1) is 11.3 Å². The van der Waals surface area contributed by atoms with Crippen LogP contribution >= 0.6 is 11.6 Å². The minimum atomic E-state index is -0.574. The van der Waals surface area contributed by atoms with E-state index in [9.17, 15) is 9.59 Å². The Morgan fingerprint density at radius 1 is 1.20 bits per heavy atom. The molecule has 1 N–H and O–H groups in total. The van der Waals surface area contributed by atoms with Gasteiger partial charge < -0.3 is 14.8 Å². The smallest absolute Gasteiger partial charge is 0.310 e. The molecule has 0 radical (unpaired) electrons. The van der Waals surface area contributed by atoms with E-state index in [0.717, 1.165) is 0 Å². The summed E-state index contributed by atoms with van der Waals surface area (Å²) in [5.41, 5.74) is 1.57. The number of rotatable bonds is 6. The molecule has 2 rings (SSSR count). The molecule has 0 heterocycles. The van der Waals surface area contributed by atoms with E-state index in [1.54, 1.807) is 42.5 Å². The van der Waals surface area contributed by atoms with Crippen molar-refractivity contribution in [3.05, 3.63) is 58.6 Å². The summed E-state index contributed by atoms with van der Waals surface area (Å²) in [5, 5.41) is 11.8. The summed E-state index contributed by atoms with van der Waals surface area (Å²) < 4.78 is 10.1. The van der Waals surface area contributed by atoms with Gasteiger partial charge in [0.1, 0.15) is 5.75 Å². The maximum atomic E-state index is 11.9. The SMILES string of the molecule is COc1ccc(Cl)cc1CC(=O)OCC(=O)Nc1ccc(C#N)cc1. The largest absolute Gasteiger partial charge is 0.496 e. The summed E-state index contributed by atoms with van der Waals surface area (Å²) in [7, 11) is 1.49. The third-order valence-corrected chi connectivity index (χ3v) is 3.47. The van der Waals surface area contributed by atoms with Crippen molar-refractivity contribution in [1.29, 1.82) is 5.26 Å². The van der Waals surface area contributed by atoms with Gasteiger partial charge in [-0.2, -0.15) is 5.26 Å². The van der Waals surface area contributed by atoms with Crippen molar-refractivity contribution >= 4 is 29.2 Å². The lowest BCUT2D eigenvalue weighted by Crippen LogP contribution is -2.21. The predicted molar refractivity (Wildman–Crippen MR) is 92.5 cm³/mol. The summed E-state index contributed by atoms with van der Waals surface area (Å²) in [4.78, 5) is 23.7. The molecule has 128 valence electrons. The van der Waals surface area contributed by atoms with Crippen molar-refractivity contribution in [2.45, 2.75) is 6.42 Å². The van der Waals surface area contributed by atoms with Gasteiger partial charge in [-0.25, -0.2) is 0 Å². The van der Waals surface area contributed by atoms with Gasteiger partial charge in [0.25, 0.3) is 5.91 Å². The lowest BCUT2D eigenvalue weighted by Gasteiger charge is -2.09. The second kappa shape index (κ2) is 8.71. The number of nitriles is 1. The van der Waals surface area contributed by atoms with Crippen molar-refractivity contribution in [2.24, 2.45) is 0 Å². The monoisotopic (exact) mass is 358 g/mol. The maximum absolute atomic E-state index is 11.9. The Morgan fingerprint density at radius 3 is 2.56 bits per heavy atom. The summed E-state index contributed by atoms with van der Waals surface area (Å²) in [6, 6.07) is 13.2. The van der Waals surface area contributed by atoms with Crippen LogP contribution in [0.4, 0.5) is 5.69 Å².